The zero-order valence-electron chi connectivity index (χ0n) is 20.5. The first kappa shape index (κ1) is 28.7. The van der Waals surface area contributed by atoms with Crippen molar-refractivity contribution in [1.82, 2.24) is 0 Å². The van der Waals surface area contributed by atoms with E-state index in [1.165, 1.54) is 0 Å². The highest BCUT2D eigenvalue weighted by Crippen LogP contribution is 2.27. The molecule has 0 aliphatic heterocycles. The minimum atomic E-state index is -0.337. The van der Waals surface area contributed by atoms with Gasteiger partial charge in [0.25, 0.3) is 0 Å². The molecule has 3 atom stereocenters. The van der Waals surface area contributed by atoms with E-state index in [2.05, 4.69) is 6.58 Å². The van der Waals surface area contributed by atoms with Crippen molar-refractivity contribution >= 4 is 17.3 Å². The first-order chi connectivity index (χ1) is 14.0. The summed E-state index contributed by atoms with van der Waals surface area (Å²) in [5, 5.41) is 0. The maximum Gasteiger partial charge on any atom is 0.158 e. The Morgan fingerprint density at radius 2 is 1.23 bits per heavy atom. The van der Waals surface area contributed by atoms with Crippen LogP contribution in [0.4, 0.5) is 0 Å². The Hall–Kier alpha value is -1.33. The molecule has 0 saturated heterocycles. The van der Waals surface area contributed by atoms with E-state index >= 15 is 0 Å². The summed E-state index contributed by atoms with van der Waals surface area (Å²) in [5.74, 6) is -0.131. The molecule has 174 valence electrons. The van der Waals surface area contributed by atoms with E-state index in [1.54, 1.807) is 14.2 Å². The molecule has 0 bridgehead atoms. The van der Waals surface area contributed by atoms with Crippen molar-refractivity contribution in [3.63, 3.8) is 0 Å². The number of rotatable bonds is 17. The van der Waals surface area contributed by atoms with Crippen LogP contribution in [0.2, 0.25) is 0 Å². The molecule has 0 saturated carbocycles. The molecular weight excluding hydrogens is 380 g/mol. The zero-order valence-corrected chi connectivity index (χ0v) is 20.5. The predicted molar refractivity (Wildman–Crippen MR) is 121 cm³/mol. The van der Waals surface area contributed by atoms with Gasteiger partial charge in [0.1, 0.15) is 11.6 Å². The highest BCUT2D eigenvalue weighted by atomic mass is 16.5. The van der Waals surface area contributed by atoms with Gasteiger partial charge in [-0.05, 0) is 36.2 Å². The van der Waals surface area contributed by atoms with Gasteiger partial charge in [-0.1, -0.05) is 48.1 Å². The van der Waals surface area contributed by atoms with Crippen LogP contribution in [0.15, 0.2) is 12.2 Å². The summed E-state index contributed by atoms with van der Waals surface area (Å²) >= 11 is 0. The summed E-state index contributed by atoms with van der Waals surface area (Å²) in [6.45, 7) is 16.5. The molecular formula is C25H44O5. The Bertz CT molecular complexity index is 562. The fraction of sp³-hybridized carbons (Fsp3) is 0.800. The molecule has 0 fully saturated rings. The molecule has 5 heteroatoms. The van der Waals surface area contributed by atoms with Crippen LogP contribution in [-0.4, -0.2) is 44.8 Å². The maximum atomic E-state index is 13.3. The van der Waals surface area contributed by atoms with E-state index in [0.29, 0.717) is 38.0 Å². The van der Waals surface area contributed by atoms with Crippen LogP contribution in [0, 0.1) is 35.5 Å². The standard InChI is InChI=1S/C25H44O5/c1-16(2)19(7)23(26)12-10-20(25(28)22(15-30-9)18(5)6)11-13-24(27)21(14-29-8)17(3)4/h16-18,20-22H,7,10-15H2,1-6,8-9H3. The quantitative estimate of drug-likeness (QED) is 0.310. The molecule has 0 N–H and O–H groups in total. The Morgan fingerprint density at radius 1 is 0.767 bits per heavy atom. The summed E-state index contributed by atoms with van der Waals surface area (Å²) in [5.41, 5.74) is 0.592. The fourth-order valence-corrected chi connectivity index (χ4v) is 3.64. The topological polar surface area (TPSA) is 69.7 Å². The molecule has 3 unspecified atom stereocenters. The minimum Gasteiger partial charge on any atom is -0.384 e. The number of carbonyl (C=O) groups is 3. The van der Waals surface area contributed by atoms with Gasteiger partial charge in [0.15, 0.2) is 5.78 Å². The van der Waals surface area contributed by atoms with Crippen molar-refractivity contribution in [2.24, 2.45) is 35.5 Å². The molecule has 0 amide bonds. The maximum absolute atomic E-state index is 13.3. The molecule has 0 aromatic rings. The van der Waals surface area contributed by atoms with Gasteiger partial charge in [-0.2, -0.15) is 0 Å². The predicted octanol–water partition coefficient (Wildman–Crippen LogP) is 4.92. The SMILES string of the molecule is C=C(C(=O)CCC(CCC(=O)C(COC)C(C)C)C(=O)C(COC)C(C)C)C(C)C. The smallest absolute Gasteiger partial charge is 0.158 e. The number of hydrogen-bond donors (Lipinski definition) is 0. The van der Waals surface area contributed by atoms with E-state index in [4.69, 9.17) is 9.47 Å². The lowest BCUT2D eigenvalue weighted by Gasteiger charge is -2.25. The van der Waals surface area contributed by atoms with Gasteiger partial charge in [-0.25, -0.2) is 0 Å². The second-order valence-electron chi connectivity index (χ2n) is 9.36. The summed E-state index contributed by atoms with van der Waals surface area (Å²) in [6, 6.07) is 0. The number of Topliss-reactive ketones (excluding diaryl/α,β-unsaturated/α-hetero) is 3. The molecule has 0 rings (SSSR count). The van der Waals surface area contributed by atoms with Crippen molar-refractivity contribution in [2.75, 3.05) is 27.4 Å². The number of methoxy groups -OCH3 is 2. The molecule has 5 nitrogen and oxygen atoms in total. The van der Waals surface area contributed by atoms with Gasteiger partial charge in [-0.3, -0.25) is 14.4 Å². The Morgan fingerprint density at radius 3 is 1.67 bits per heavy atom. The summed E-state index contributed by atoms with van der Waals surface area (Å²) in [7, 11) is 3.19. The van der Waals surface area contributed by atoms with Gasteiger partial charge in [0.05, 0.1) is 13.2 Å². The van der Waals surface area contributed by atoms with Gasteiger partial charge >= 0.3 is 0 Å². The van der Waals surface area contributed by atoms with Crippen molar-refractivity contribution in [3.8, 4) is 0 Å². The average Bonchev–Trinajstić information content (AvgIpc) is 2.67. The molecule has 0 aromatic heterocycles. The van der Waals surface area contributed by atoms with Gasteiger partial charge in [0, 0.05) is 44.8 Å². The van der Waals surface area contributed by atoms with Gasteiger partial charge in [-0.15, -0.1) is 0 Å². The molecule has 0 spiro atoms. The summed E-state index contributed by atoms with van der Waals surface area (Å²) in [6.07, 6.45) is 1.50. The summed E-state index contributed by atoms with van der Waals surface area (Å²) < 4.78 is 10.5. The van der Waals surface area contributed by atoms with E-state index in [0.717, 1.165) is 0 Å². The van der Waals surface area contributed by atoms with Crippen LogP contribution < -0.4 is 0 Å². The van der Waals surface area contributed by atoms with Crippen molar-refractivity contribution in [2.45, 2.75) is 67.2 Å². The lowest BCUT2D eigenvalue weighted by molar-refractivity contribution is -0.131. The van der Waals surface area contributed by atoms with E-state index in [1.807, 2.05) is 41.5 Å². The van der Waals surface area contributed by atoms with Crippen LogP contribution >= 0.6 is 0 Å². The Balaban J connectivity index is 5.36. The number of carbonyl (C=O) groups excluding carboxylic acids is 3. The molecule has 0 aromatic carbocycles. The molecule has 30 heavy (non-hydrogen) atoms. The van der Waals surface area contributed by atoms with Crippen molar-refractivity contribution in [1.29, 1.82) is 0 Å². The van der Waals surface area contributed by atoms with Crippen LogP contribution in [0.5, 0.6) is 0 Å². The van der Waals surface area contributed by atoms with E-state index in [9.17, 15) is 14.4 Å². The van der Waals surface area contributed by atoms with E-state index < -0.39 is 0 Å². The molecule has 0 heterocycles. The van der Waals surface area contributed by atoms with Crippen LogP contribution in [0.25, 0.3) is 0 Å². The third-order valence-corrected chi connectivity index (χ3v) is 6.00. The largest absolute Gasteiger partial charge is 0.384 e. The highest BCUT2D eigenvalue weighted by molar-refractivity contribution is 5.95. The van der Waals surface area contributed by atoms with Crippen molar-refractivity contribution < 1.29 is 23.9 Å². The molecule has 0 aliphatic rings. The third-order valence-electron chi connectivity index (χ3n) is 6.00. The number of allylic oxidation sites excluding steroid dienone is 1. The lowest BCUT2D eigenvalue weighted by Crippen LogP contribution is -2.32. The van der Waals surface area contributed by atoms with E-state index in [-0.39, 0.29) is 59.3 Å². The first-order valence-corrected chi connectivity index (χ1v) is 11.2. The second-order valence-corrected chi connectivity index (χ2v) is 9.36. The fourth-order valence-electron chi connectivity index (χ4n) is 3.64. The normalized spacial score (nSPS) is 14.8. The first-order valence-electron chi connectivity index (χ1n) is 11.2. The van der Waals surface area contributed by atoms with Gasteiger partial charge < -0.3 is 9.47 Å². The van der Waals surface area contributed by atoms with Crippen LogP contribution in [0.1, 0.15) is 67.2 Å². The number of ketones is 3. The average molecular weight is 425 g/mol. The van der Waals surface area contributed by atoms with Crippen LogP contribution in [-0.2, 0) is 23.9 Å². The molecule has 0 aliphatic carbocycles. The second kappa shape index (κ2) is 14.6. The third kappa shape index (κ3) is 9.65. The highest BCUT2D eigenvalue weighted by Gasteiger charge is 2.31. The number of ether oxygens (including phenoxy) is 2. The monoisotopic (exact) mass is 424 g/mol. The lowest BCUT2D eigenvalue weighted by atomic mass is 9.79. The Kier molecular flexibility index (Phi) is 14.0. The Labute approximate surface area is 184 Å². The summed E-state index contributed by atoms with van der Waals surface area (Å²) in [4.78, 5) is 38.5. The zero-order chi connectivity index (χ0) is 23.4. The van der Waals surface area contributed by atoms with Crippen LogP contribution in [0.3, 0.4) is 0 Å². The number of hydrogen-bond acceptors (Lipinski definition) is 5. The van der Waals surface area contributed by atoms with Crippen molar-refractivity contribution in [3.05, 3.63) is 12.2 Å². The minimum absolute atomic E-state index is 0.00130. The van der Waals surface area contributed by atoms with Gasteiger partial charge in [0.2, 0.25) is 0 Å². The molecule has 0 radical (unpaired) electrons.